The summed E-state index contributed by atoms with van der Waals surface area (Å²) in [6, 6.07) is 6.59. The zero-order chi connectivity index (χ0) is 22.6. The number of ketones is 1. The molecule has 0 aliphatic rings. The van der Waals surface area contributed by atoms with Gasteiger partial charge >= 0.3 is 5.97 Å². The second kappa shape index (κ2) is 9.21. The van der Waals surface area contributed by atoms with Crippen molar-refractivity contribution in [2.45, 2.75) is 41.5 Å². The van der Waals surface area contributed by atoms with Gasteiger partial charge in [0.25, 0.3) is 5.91 Å². The highest BCUT2D eigenvalue weighted by Crippen LogP contribution is 2.34. The largest absolute Gasteiger partial charge is 0.452 e. The fourth-order valence-corrected chi connectivity index (χ4v) is 3.58. The van der Waals surface area contributed by atoms with Gasteiger partial charge < -0.3 is 15.4 Å². The van der Waals surface area contributed by atoms with E-state index in [0.717, 1.165) is 4.88 Å². The molecule has 30 heavy (non-hydrogen) atoms. The number of rotatable bonds is 6. The highest BCUT2D eigenvalue weighted by molar-refractivity contribution is 7.16. The molecule has 0 aliphatic heterocycles. The Morgan fingerprint density at radius 1 is 1.03 bits per heavy atom. The van der Waals surface area contributed by atoms with E-state index in [1.807, 2.05) is 6.92 Å². The van der Waals surface area contributed by atoms with E-state index in [9.17, 15) is 19.2 Å². The molecule has 2 N–H and O–H groups in total. The Hall–Kier alpha value is -3.00. The topological polar surface area (TPSA) is 102 Å². The number of hydrogen-bond donors (Lipinski definition) is 2. The minimum absolute atomic E-state index is 0.188. The number of Topliss-reactive ketones (excluding diaryl/α,β-unsaturated/α-hetero) is 1. The molecule has 0 saturated carbocycles. The van der Waals surface area contributed by atoms with E-state index in [4.69, 9.17) is 4.74 Å². The van der Waals surface area contributed by atoms with Crippen molar-refractivity contribution in [2.75, 3.05) is 17.2 Å². The quantitative estimate of drug-likeness (QED) is 0.524. The van der Waals surface area contributed by atoms with E-state index >= 15 is 0 Å². The van der Waals surface area contributed by atoms with Crippen LogP contribution in [0.1, 0.15) is 58.9 Å². The van der Waals surface area contributed by atoms with Gasteiger partial charge in [0.05, 0.1) is 11.3 Å². The van der Waals surface area contributed by atoms with Crippen LogP contribution in [0.2, 0.25) is 0 Å². The molecule has 1 heterocycles. The van der Waals surface area contributed by atoms with Crippen molar-refractivity contribution in [3.05, 3.63) is 45.8 Å². The van der Waals surface area contributed by atoms with Gasteiger partial charge in [-0.15, -0.1) is 11.3 Å². The number of nitrogens with one attached hydrogen (secondary N) is 2. The standard InChI is InChI=1S/C22H26N2O5S/c1-12-14(3)30-19(24-21(28)22(4,5)6)18(12)20(27)29-11-17(26)23-16-10-8-7-9-15(16)13(2)25/h7-10H,11H2,1-6H3,(H,23,26)(H,24,28). The summed E-state index contributed by atoms with van der Waals surface area (Å²) in [5.74, 6) is -1.68. The van der Waals surface area contributed by atoms with Gasteiger partial charge in [-0.3, -0.25) is 14.4 Å². The molecule has 8 heteroatoms. The van der Waals surface area contributed by atoms with E-state index in [1.54, 1.807) is 52.0 Å². The van der Waals surface area contributed by atoms with E-state index in [2.05, 4.69) is 10.6 Å². The summed E-state index contributed by atoms with van der Waals surface area (Å²) in [5, 5.41) is 5.76. The number of aryl methyl sites for hydroxylation is 1. The van der Waals surface area contributed by atoms with Crippen LogP contribution in [-0.4, -0.2) is 30.2 Å². The van der Waals surface area contributed by atoms with Gasteiger partial charge in [-0.1, -0.05) is 32.9 Å². The summed E-state index contributed by atoms with van der Waals surface area (Å²) in [6.45, 7) is 9.81. The molecule has 2 rings (SSSR count). The third kappa shape index (κ3) is 5.54. The maximum absolute atomic E-state index is 12.7. The molecule has 0 atom stereocenters. The van der Waals surface area contributed by atoms with Crippen LogP contribution in [0.4, 0.5) is 10.7 Å². The average molecular weight is 431 g/mol. The normalized spacial score (nSPS) is 11.0. The third-order valence-corrected chi connectivity index (χ3v) is 5.54. The number of carbonyl (C=O) groups excluding carboxylic acids is 4. The van der Waals surface area contributed by atoms with Crippen molar-refractivity contribution < 1.29 is 23.9 Å². The Morgan fingerprint density at radius 2 is 1.67 bits per heavy atom. The van der Waals surface area contributed by atoms with E-state index in [0.29, 0.717) is 21.8 Å². The maximum Gasteiger partial charge on any atom is 0.341 e. The monoisotopic (exact) mass is 430 g/mol. The highest BCUT2D eigenvalue weighted by atomic mass is 32.1. The second-order valence-electron chi connectivity index (χ2n) is 7.92. The third-order valence-electron chi connectivity index (χ3n) is 4.41. The average Bonchev–Trinajstić information content (AvgIpc) is 2.93. The van der Waals surface area contributed by atoms with Crippen LogP contribution in [-0.2, 0) is 14.3 Å². The van der Waals surface area contributed by atoms with Gasteiger partial charge in [-0.05, 0) is 38.5 Å². The first-order chi connectivity index (χ1) is 13.9. The molecule has 0 unspecified atom stereocenters. The maximum atomic E-state index is 12.7. The van der Waals surface area contributed by atoms with Crippen LogP contribution < -0.4 is 10.6 Å². The van der Waals surface area contributed by atoms with Gasteiger partial charge in [0.15, 0.2) is 12.4 Å². The fraction of sp³-hybridized carbons (Fsp3) is 0.364. The predicted octanol–water partition coefficient (Wildman–Crippen LogP) is 4.35. The van der Waals surface area contributed by atoms with Crippen molar-refractivity contribution in [1.29, 1.82) is 0 Å². The number of thiophene rings is 1. The highest BCUT2D eigenvalue weighted by Gasteiger charge is 2.27. The molecular weight excluding hydrogens is 404 g/mol. The van der Waals surface area contributed by atoms with Crippen LogP contribution in [0.3, 0.4) is 0 Å². The molecule has 0 bridgehead atoms. The van der Waals surface area contributed by atoms with Crippen molar-refractivity contribution in [1.82, 2.24) is 0 Å². The molecule has 2 amide bonds. The van der Waals surface area contributed by atoms with Gasteiger partial charge in [0.2, 0.25) is 5.91 Å². The van der Waals surface area contributed by atoms with Gasteiger partial charge in [-0.2, -0.15) is 0 Å². The van der Waals surface area contributed by atoms with Crippen molar-refractivity contribution in [3.8, 4) is 0 Å². The first kappa shape index (κ1) is 23.3. The molecule has 0 radical (unpaired) electrons. The minimum Gasteiger partial charge on any atom is -0.452 e. The zero-order valence-electron chi connectivity index (χ0n) is 18.0. The lowest BCUT2D eigenvalue weighted by Crippen LogP contribution is -2.28. The number of carbonyl (C=O) groups is 4. The lowest BCUT2D eigenvalue weighted by Gasteiger charge is -2.17. The first-order valence-electron chi connectivity index (χ1n) is 9.40. The van der Waals surface area contributed by atoms with E-state index in [-0.39, 0.29) is 17.3 Å². The Morgan fingerprint density at radius 3 is 2.27 bits per heavy atom. The Balaban J connectivity index is 2.11. The van der Waals surface area contributed by atoms with Crippen molar-refractivity contribution in [2.24, 2.45) is 5.41 Å². The smallest absolute Gasteiger partial charge is 0.341 e. The fourth-order valence-electron chi connectivity index (χ4n) is 2.54. The first-order valence-corrected chi connectivity index (χ1v) is 10.2. The van der Waals surface area contributed by atoms with Crippen LogP contribution >= 0.6 is 11.3 Å². The van der Waals surface area contributed by atoms with Gasteiger partial charge in [-0.25, -0.2) is 4.79 Å². The van der Waals surface area contributed by atoms with Crippen molar-refractivity contribution >= 4 is 45.6 Å². The minimum atomic E-state index is -0.698. The number of para-hydroxylation sites is 1. The molecule has 1 aromatic heterocycles. The lowest BCUT2D eigenvalue weighted by molar-refractivity contribution is -0.123. The lowest BCUT2D eigenvalue weighted by atomic mass is 9.96. The zero-order valence-corrected chi connectivity index (χ0v) is 18.8. The Kier molecular flexibility index (Phi) is 7.15. The summed E-state index contributed by atoms with van der Waals surface area (Å²) in [7, 11) is 0. The molecule has 2 aromatic rings. The number of esters is 1. The molecule has 0 aliphatic carbocycles. The van der Waals surface area contributed by atoms with Crippen LogP contribution in [0.25, 0.3) is 0 Å². The number of anilines is 2. The molecule has 0 fully saturated rings. The molecule has 160 valence electrons. The Bertz CT molecular complexity index is 1000. The number of ether oxygens (including phenoxy) is 1. The second-order valence-corrected chi connectivity index (χ2v) is 9.14. The SMILES string of the molecule is CC(=O)c1ccccc1NC(=O)COC(=O)c1c(NC(=O)C(C)(C)C)sc(C)c1C. The number of hydrogen-bond acceptors (Lipinski definition) is 6. The summed E-state index contributed by atoms with van der Waals surface area (Å²) >= 11 is 1.28. The summed E-state index contributed by atoms with van der Waals surface area (Å²) in [4.78, 5) is 49.8. The van der Waals surface area contributed by atoms with Crippen molar-refractivity contribution in [3.63, 3.8) is 0 Å². The van der Waals surface area contributed by atoms with E-state index in [1.165, 1.54) is 18.3 Å². The molecule has 0 spiro atoms. The predicted molar refractivity (Wildman–Crippen MR) is 117 cm³/mol. The number of benzene rings is 1. The van der Waals surface area contributed by atoms with Crippen LogP contribution in [0.5, 0.6) is 0 Å². The van der Waals surface area contributed by atoms with Gasteiger partial charge in [0.1, 0.15) is 5.00 Å². The van der Waals surface area contributed by atoms with Crippen LogP contribution in [0, 0.1) is 19.3 Å². The summed E-state index contributed by atoms with van der Waals surface area (Å²) in [5.41, 5.74) is 1.03. The van der Waals surface area contributed by atoms with Crippen LogP contribution in [0.15, 0.2) is 24.3 Å². The molecule has 7 nitrogen and oxygen atoms in total. The molecule has 0 saturated heterocycles. The summed E-state index contributed by atoms with van der Waals surface area (Å²) in [6.07, 6.45) is 0. The number of amides is 2. The summed E-state index contributed by atoms with van der Waals surface area (Å²) < 4.78 is 5.18. The van der Waals surface area contributed by atoms with Gasteiger partial charge in [0, 0.05) is 15.9 Å². The van der Waals surface area contributed by atoms with E-state index < -0.39 is 23.9 Å². The molecule has 1 aromatic carbocycles. The Labute approximate surface area is 179 Å². The molecular formula is C22H26N2O5S.